The van der Waals surface area contributed by atoms with Gasteiger partial charge in [0.2, 0.25) is 11.8 Å². The highest BCUT2D eigenvalue weighted by atomic mass is 19.4. The lowest BCUT2D eigenvalue weighted by Crippen LogP contribution is -2.45. The monoisotopic (exact) mass is 436 g/mol. The summed E-state index contributed by atoms with van der Waals surface area (Å²) in [6.07, 6.45) is -0.0732. The molecule has 1 aliphatic heterocycles. The largest absolute Gasteiger partial charge is 0.454 e. The number of nitrogens with one attached hydrogen (secondary N) is 1. The highest BCUT2D eigenvalue weighted by Crippen LogP contribution is 2.52. The van der Waals surface area contributed by atoms with Crippen molar-refractivity contribution in [3.05, 3.63) is 42.0 Å². The van der Waals surface area contributed by atoms with E-state index in [2.05, 4.69) is 5.32 Å². The molecular formula is C21H19F3N2O5. The Hall–Kier alpha value is -3.17. The van der Waals surface area contributed by atoms with E-state index in [1.54, 1.807) is 0 Å². The molecule has 0 unspecified atom stereocenters. The van der Waals surface area contributed by atoms with Gasteiger partial charge in [0.1, 0.15) is 6.04 Å². The molecular weight excluding hydrogens is 417 g/mol. The van der Waals surface area contributed by atoms with Crippen molar-refractivity contribution in [3.8, 4) is 0 Å². The number of likely N-dealkylation sites (tertiary alicyclic amines) is 1. The van der Waals surface area contributed by atoms with E-state index < -0.39 is 65.6 Å². The fourth-order valence-corrected chi connectivity index (χ4v) is 4.70. The molecule has 1 N–H and O–H groups in total. The third-order valence-corrected chi connectivity index (χ3v) is 6.08. The van der Waals surface area contributed by atoms with Gasteiger partial charge in [-0.25, -0.2) is 4.79 Å². The van der Waals surface area contributed by atoms with E-state index in [4.69, 9.17) is 4.74 Å². The Morgan fingerprint density at radius 2 is 1.71 bits per heavy atom. The van der Waals surface area contributed by atoms with Crippen LogP contribution in [-0.4, -0.2) is 41.2 Å². The predicted octanol–water partition coefficient (Wildman–Crippen LogP) is 2.38. The Labute approximate surface area is 175 Å². The highest BCUT2D eigenvalue weighted by Gasteiger charge is 2.60. The van der Waals surface area contributed by atoms with Crippen molar-refractivity contribution in [3.63, 3.8) is 0 Å². The van der Waals surface area contributed by atoms with Gasteiger partial charge in [0, 0.05) is 0 Å². The number of carbonyl (C=O) groups is 4. The number of esters is 1. The summed E-state index contributed by atoms with van der Waals surface area (Å²) >= 11 is 0. The number of hydrogen-bond acceptors (Lipinski definition) is 5. The van der Waals surface area contributed by atoms with Gasteiger partial charge in [0.05, 0.1) is 23.1 Å². The second kappa shape index (κ2) is 7.51. The van der Waals surface area contributed by atoms with E-state index in [0.29, 0.717) is 0 Å². The highest BCUT2D eigenvalue weighted by molar-refractivity contribution is 6.09. The molecule has 0 radical (unpaired) electrons. The maximum atomic E-state index is 13.0. The van der Waals surface area contributed by atoms with Crippen molar-refractivity contribution >= 4 is 29.4 Å². The predicted molar refractivity (Wildman–Crippen MR) is 100 cm³/mol. The summed E-state index contributed by atoms with van der Waals surface area (Å²) in [6.45, 7) is 0.469. The van der Waals surface area contributed by atoms with Crippen LogP contribution in [0.15, 0.2) is 36.4 Å². The fraction of sp³-hybridized carbons (Fsp3) is 0.429. The molecule has 4 rings (SSSR count). The minimum Gasteiger partial charge on any atom is -0.454 e. The first-order valence-corrected chi connectivity index (χ1v) is 9.77. The van der Waals surface area contributed by atoms with E-state index in [-0.39, 0.29) is 11.8 Å². The number of allylic oxidation sites excluding steroid dienone is 2. The van der Waals surface area contributed by atoms with Gasteiger partial charge in [-0.2, -0.15) is 13.2 Å². The van der Waals surface area contributed by atoms with Crippen LogP contribution in [0.1, 0.15) is 18.9 Å². The maximum absolute atomic E-state index is 13.0. The van der Waals surface area contributed by atoms with Crippen LogP contribution < -0.4 is 5.32 Å². The zero-order valence-corrected chi connectivity index (χ0v) is 16.4. The number of para-hydroxylation sites is 1. The molecule has 3 amide bonds. The number of anilines is 1. The molecule has 7 nitrogen and oxygen atoms in total. The van der Waals surface area contributed by atoms with Crippen molar-refractivity contribution < 1.29 is 37.1 Å². The van der Waals surface area contributed by atoms with Crippen LogP contribution in [0.3, 0.4) is 0 Å². The number of nitrogens with zero attached hydrogens (tertiary/aromatic N) is 1. The number of rotatable bonds is 5. The summed E-state index contributed by atoms with van der Waals surface area (Å²) in [5, 5.41) is 2.06. The number of benzene rings is 1. The van der Waals surface area contributed by atoms with Crippen molar-refractivity contribution in [2.75, 3.05) is 11.9 Å². The minimum absolute atomic E-state index is 0.0147. The molecule has 3 aliphatic rings. The van der Waals surface area contributed by atoms with Crippen LogP contribution in [-0.2, 0) is 30.1 Å². The number of halogens is 3. The van der Waals surface area contributed by atoms with Gasteiger partial charge in [-0.1, -0.05) is 24.3 Å². The van der Waals surface area contributed by atoms with Crippen molar-refractivity contribution in [2.45, 2.75) is 25.6 Å². The average molecular weight is 436 g/mol. The first-order chi connectivity index (χ1) is 14.6. The van der Waals surface area contributed by atoms with E-state index in [9.17, 15) is 32.3 Å². The van der Waals surface area contributed by atoms with E-state index >= 15 is 0 Å². The summed E-state index contributed by atoms with van der Waals surface area (Å²) in [4.78, 5) is 50.7. The van der Waals surface area contributed by atoms with Gasteiger partial charge < -0.3 is 10.1 Å². The van der Waals surface area contributed by atoms with Crippen LogP contribution >= 0.6 is 0 Å². The van der Waals surface area contributed by atoms with Gasteiger partial charge >= 0.3 is 12.1 Å². The normalized spacial score (nSPS) is 27.4. The summed E-state index contributed by atoms with van der Waals surface area (Å²) < 4.78 is 43.9. The van der Waals surface area contributed by atoms with Gasteiger partial charge in [-0.05, 0) is 37.3 Å². The molecule has 2 aliphatic carbocycles. The first kappa shape index (κ1) is 21.1. The van der Waals surface area contributed by atoms with Crippen molar-refractivity contribution in [2.24, 2.45) is 23.7 Å². The molecule has 31 heavy (non-hydrogen) atoms. The number of amides is 3. The Balaban J connectivity index is 1.36. The summed E-state index contributed by atoms with van der Waals surface area (Å²) in [5.41, 5.74) is -1.50. The molecule has 1 aromatic rings. The number of carbonyl (C=O) groups excluding carboxylic acids is 4. The van der Waals surface area contributed by atoms with E-state index in [0.717, 1.165) is 23.5 Å². The topological polar surface area (TPSA) is 92.8 Å². The molecule has 2 fully saturated rings. The summed E-state index contributed by atoms with van der Waals surface area (Å²) in [6, 6.07) is 3.16. The van der Waals surface area contributed by atoms with Crippen molar-refractivity contribution in [1.82, 2.24) is 4.90 Å². The zero-order valence-electron chi connectivity index (χ0n) is 16.4. The number of ether oxygens (including phenoxy) is 1. The van der Waals surface area contributed by atoms with Gasteiger partial charge in [0.25, 0.3) is 5.91 Å². The second-order valence-electron chi connectivity index (χ2n) is 7.92. The molecule has 1 aromatic carbocycles. The Bertz CT molecular complexity index is 959. The third kappa shape index (κ3) is 3.60. The minimum atomic E-state index is -4.67. The Kier molecular flexibility index (Phi) is 5.10. The van der Waals surface area contributed by atoms with Crippen LogP contribution in [0.5, 0.6) is 0 Å². The summed E-state index contributed by atoms with van der Waals surface area (Å²) in [5.74, 6) is -3.80. The molecule has 1 saturated heterocycles. The summed E-state index contributed by atoms with van der Waals surface area (Å²) in [7, 11) is 0. The molecule has 0 spiro atoms. The number of hydrogen-bond donors (Lipinski definition) is 1. The van der Waals surface area contributed by atoms with E-state index in [1.165, 1.54) is 19.1 Å². The Morgan fingerprint density at radius 3 is 2.29 bits per heavy atom. The van der Waals surface area contributed by atoms with Crippen LogP contribution in [0.2, 0.25) is 0 Å². The van der Waals surface area contributed by atoms with Crippen LogP contribution in [0.4, 0.5) is 18.9 Å². The molecule has 0 aromatic heterocycles. The molecule has 1 heterocycles. The number of alkyl halides is 3. The van der Waals surface area contributed by atoms with Crippen LogP contribution in [0, 0.1) is 23.7 Å². The quantitative estimate of drug-likeness (QED) is 0.435. The molecule has 5 atom stereocenters. The second-order valence-corrected chi connectivity index (χ2v) is 7.92. The first-order valence-electron chi connectivity index (χ1n) is 9.77. The zero-order chi connectivity index (χ0) is 22.5. The van der Waals surface area contributed by atoms with Crippen LogP contribution in [0.25, 0.3) is 0 Å². The third-order valence-electron chi connectivity index (χ3n) is 6.08. The van der Waals surface area contributed by atoms with E-state index in [1.807, 2.05) is 12.2 Å². The molecule has 164 valence electrons. The number of imide groups is 1. The molecule has 2 bridgehead atoms. The molecule has 10 heteroatoms. The Morgan fingerprint density at radius 1 is 1.13 bits per heavy atom. The van der Waals surface area contributed by atoms with Gasteiger partial charge in [-0.15, -0.1) is 0 Å². The lowest BCUT2D eigenvalue weighted by Gasteiger charge is -2.23. The fourth-order valence-electron chi connectivity index (χ4n) is 4.70. The van der Waals surface area contributed by atoms with Gasteiger partial charge in [-0.3, -0.25) is 19.3 Å². The average Bonchev–Trinajstić information content (AvgIpc) is 3.39. The van der Waals surface area contributed by atoms with Crippen molar-refractivity contribution in [1.29, 1.82) is 0 Å². The lowest BCUT2D eigenvalue weighted by atomic mass is 9.85. The molecule has 1 saturated carbocycles. The maximum Gasteiger partial charge on any atom is 0.418 e. The number of fused-ring (bicyclic) bond motifs is 5. The lowest BCUT2D eigenvalue weighted by molar-refractivity contribution is -0.159. The SMILES string of the molecule is C[C@@H](C(=O)OCC(=O)Nc1ccccc1C(F)(F)F)N1C(=O)[C@@H]2[C@H](C1=O)[C@H]1C=C[C@H]2C1. The smallest absolute Gasteiger partial charge is 0.418 e. The standard InChI is InChI=1S/C21H19F3N2O5/c1-10(26-18(28)16-11-6-7-12(8-11)17(16)19(26)29)20(30)31-9-15(27)25-14-5-3-2-4-13(14)21(22,23)24/h2-7,10-12,16-17H,8-9H2,1H3,(H,25,27)/t10-,11-,12-,16-,17+/m0/s1. The van der Waals surface area contributed by atoms with Gasteiger partial charge in [0.15, 0.2) is 6.61 Å².